The van der Waals surface area contributed by atoms with Crippen LogP contribution in [0.3, 0.4) is 0 Å². The van der Waals surface area contributed by atoms with Gasteiger partial charge >= 0.3 is 18.0 Å². The molecule has 1 amide bonds. The van der Waals surface area contributed by atoms with E-state index in [2.05, 4.69) is 5.32 Å². The molecule has 0 aliphatic carbocycles. The molecule has 0 saturated heterocycles. The molecule has 27 heavy (non-hydrogen) atoms. The van der Waals surface area contributed by atoms with Gasteiger partial charge in [0, 0.05) is 18.9 Å². The van der Waals surface area contributed by atoms with Gasteiger partial charge in [-0.2, -0.15) is 0 Å². The van der Waals surface area contributed by atoms with E-state index in [9.17, 15) is 14.4 Å². The van der Waals surface area contributed by atoms with Gasteiger partial charge in [-0.25, -0.2) is 4.79 Å². The molecule has 0 saturated carbocycles. The van der Waals surface area contributed by atoms with Gasteiger partial charge in [0.05, 0.1) is 6.42 Å². The lowest BCUT2D eigenvalue weighted by molar-refractivity contribution is -0.196. The molecule has 1 unspecified atom stereocenters. The van der Waals surface area contributed by atoms with Crippen LogP contribution in [0.25, 0.3) is 0 Å². The highest BCUT2D eigenvalue weighted by Gasteiger charge is 2.25. The molecule has 7 nitrogen and oxygen atoms in total. The van der Waals surface area contributed by atoms with E-state index in [1.807, 2.05) is 27.7 Å². The number of carbonyl (C=O) groups excluding carboxylic acids is 3. The summed E-state index contributed by atoms with van der Waals surface area (Å²) in [4.78, 5) is 35.7. The first-order chi connectivity index (χ1) is 12.3. The average Bonchev–Trinajstić information content (AvgIpc) is 2.49. The second-order valence-electron chi connectivity index (χ2n) is 8.53. The van der Waals surface area contributed by atoms with Crippen molar-refractivity contribution in [3.8, 4) is 0 Å². The van der Waals surface area contributed by atoms with Crippen LogP contribution in [0.1, 0.15) is 74.7 Å². The Bertz CT molecular complexity index is 481. The van der Waals surface area contributed by atoms with Crippen LogP contribution in [-0.4, -0.2) is 36.5 Å². The van der Waals surface area contributed by atoms with E-state index in [1.165, 1.54) is 0 Å². The monoisotopic (exact) mass is 387 g/mol. The minimum Gasteiger partial charge on any atom is -0.444 e. The van der Waals surface area contributed by atoms with Crippen LogP contribution in [0, 0.1) is 17.8 Å². The molecule has 1 N–H and O–H groups in total. The molecule has 0 radical (unpaired) electrons. The summed E-state index contributed by atoms with van der Waals surface area (Å²) in [5.41, 5.74) is -0.579. The lowest BCUT2D eigenvalue weighted by Gasteiger charge is -2.24. The minimum absolute atomic E-state index is 0.0975. The van der Waals surface area contributed by atoms with E-state index < -0.39 is 29.9 Å². The fraction of sp³-hybridized carbons (Fsp3) is 0.850. The summed E-state index contributed by atoms with van der Waals surface area (Å²) < 4.78 is 15.8. The molecule has 158 valence electrons. The second-order valence-corrected chi connectivity index (χ2v) is 8.53. The first-order valence-electron chi connectivity index (χ1n) is 9.69. The number of rotatable bonds is 10. The van der Waals surface area contributed by atoms with Crippen molar-refractivity contribution in [3.05, 3.63) is 0 Å². The molecule has 0 fully saturated rings. The van der Waals surface area contributed by atoms with Crippen LogP contribution >= 0.6 is 0 Å². The number of nitrogens with one attached hydrogen (secondary N) is 1. The van der Waals surface area contributed by atoms with Gasteiger partial charge in [-0.15, -0.1) is 0 Å². The van der Waals surface area contributed by atoms with E-state index >= 15 is 0 Å². The number of carbonyl (C=O) groups is 3. The summed E-state index contributed by atoms with van der Waals surface area (Å²) in [5.74, 6) is -0.754. The first-order valence-corrected chi connectivity index (χ1v) is 9.69. The van der Waals surface area contributed by atoms with E-state index in [1.54, 1.807) is 27.7 Å². The Morgan fingerprint density at radius 2 is 1.52 bits per heavy atom. The predicted molar refractivity (Wildman–Crippen MR) is 103 cm³/mol. The van der Waals surface area contributed by atoms with Crippen LogP contribution in [0.15, 0.2) is 0 Å². The van der Waals surface area contributed by atoms with Gasteiger partial charge in [0.25, 0.3) is 0 Å². The normalized spacial score (nSPS) is 13.9. The highest BCUT2D eigenvalue weighted by Crippen LogP contribution is 2.18. The third-order valence-corrected chi connectivity index (χ3v) is 3.52. The number of amides is 1. The maximum atomic E-state index is 12.3. The minimum atomic E-state index is -0.900. The molecule has 0 bridgehead atoms. The van der Waals surface area contributed by atoms with Crippen molar-refractivity contribution in [1.29, 1.82) is 0 Å². The molecule has 0 spiro atoms. The summed E-state index contributed by atoms with van der Waals surface area (Å²) in [6, 6.07) is 0. The third-order valence-electron chi connectivity index (χ3n) is 3.52. The Morgan fingerprint density at radius 1 is 0.963 bits per heavy atom. The van der Waals surface area contributed by atoms with E-state index in [-0.39, 0.29) is 24.7 Å². The quantitative estimate of drug-likeness (QED) is 0.449. The molecular weight excluding hydrogens is 350 g/mol. The van der Waals surface area contributed by atoms with Gasteiger partial charge in [0.15, 0.2) is 0 Å². The summed E-state index contributed by atoms with van der Waals surface area (Å²) in [6.07, 6.45) is -0.325. The molecule has 0 aromatic heterocycles. The molecule has 0 aliphatic rings. The topological polar surface area (TPSA) is 90.9 Å². The molecule has 7 heteroatoms. The van der Waals surface area contributed by atoms with E-state index in [4.69, 9.17) is 14.2 Å². The van der Waals surface area contributed by atoms with Gasteiger partial charge in [-0.1, -0.05) is 34.6 Å². The van der Waals surface area contributed by atoms with Gasteiger partial charge in [0.1, 0.15) is 5.60 Å². The maximum absolute atomic E-state index is 12.3. The fourth-order valence-corrected chi connectivity index (χ4v) is 2.37. The summed E-state index contributed by atoms with van der Waals surface area (Å²) in [5, 5.41) is 2.71. The van der Waals surface area contributed by atoms with E-state index in [0.29, 0.717) is 12.5 Å². The molecule has 0 aliphatic heterocycles. The van der Waals surface area contributed by atoms with Crippen molar-refractivity contribution < 1.29 is 28.6 Å². The Labute approximate surface area is 163 Å². The zero-order valence-corrected chi connectivity index (χ0v) is 18.1. The number of esters is 2. The number of hydrogen-bond acceptors (Lipinski definition) is 6. The SMILES string of the molecule is CCC(=O)OC(OC(=O)C[C@@H](CNC(=O)OC(C)(C)C)CC(C)C)C(C)C. The summed E-state index contributed by atoms with van der Waals surface area (Å²) in [6.45, 7) is 15.1. The van der Waals surface area contributed by atoms with Crippen molar-refractivity contribution in [1.82, 2.24) is 5.32 Å². The molecule has 0 rings (SSSR count). The van der Waals surface area contributed by atoms with E-state index in [0.717, 1.165) is 6.42 Å². The molecular formula is C20H37NO6. The third kappa shape index (κ3) is 13.1. The van der Waals surface area contributed by atoms with Crippen molar-refractivity contribution in [2.45, 2.75) is 86.5 Å². The van der Waals surface area contributed by atoms with Crippen molar-refractivity contribution in [2.75, 3.05) is 6.54 Å². The standard InChI is InChI=1S/C20H37NO6/c1-9-16(22)25-18(14(4)5)26-17(23)11-15(10-13(2)3)12-21-19(24)27-20(6,7)8/h13-15,18H,9-12H2,1-8H3,(H,21,24)/t15-,18?/m0/s1. The Kier molecular flexibility index (Phi) is 11.0. The highest BCUT2D eigenvalue weighted by atomic mass is 16.7. The smallest absolute Gasteiger partial charge is 0.407 e. The number of hydrogen-bond donors (Lipinski definition) is 1. The van der Waals surface area contributed by atoms with Crippen molar-refractivity contribution in [2.24, 2.45) is 17.8 Å². The van der Waals surface area contributed by atoms with Crippen LogP contribution in [-0.2, 0) is 23.8 Å². The van der Waals surface area contributed by atoms with Gasteiger partial charge in [0.2, 0.25) is 6.29 Å². The lowest BCUT2D eigenvalue weighted by atomic mass is 9.94. The van der Waals surface area contributed by atoms with Crippen LogP contribution < -0.4 is 5.32 Å². The Hall–Kier alpha value is -1.79. The first kappa shape index (κ1) is 25.2. The largest absolute Gasteiger partial charge is 0.444 e. The van der Waals surface area contributed by atoms with Crippen molar-refractivity contribution >= 4 is 18.0 Å². The van der Waals surface area contributed by atoms with Gasteiger partial charge < -0.3 is 19.5 Å². The van der Waals surface area contributed by atoms with Crippen molar-refractivity contribution in [3.63, 3.8) is 0 Å². The molecule has 0 heterocycles. The van der Waals surface area contributed by atoms with Crippen LogP contribution in [0.2, 0.25) is 0 Å². The summed E-state index contributed by atoms with van der Waals surface area (Å²) >= 11 is 0. The second kappa shape index (κ2) is 11.8. The Balaban J connectivity index is 4.74. The molecule has 2 atom stereocenters. The zero-order chi connectivity index (χ0) is 21.2. The zero-order valence-electron chi connectivity index (χ0n) is 18.1. The average molecular weight is 388 g/mol. The fourth-order valence-electron chi connectivity index (χ4n) is 2.37. The van der Waals surface area contributed by atoms with Gasteiger partial charge in [-0.3, -0.25) is 9.59 Å². The molecule has 0 aromatic rings. The van der Waals surface area contributed by atoms with Crippen LogP contribution in [0.4, 0.5) is 4.79 Å². The van der Waals surface area contributed by atoms with Gasteiger partial charge in [-0.05, 0) is 39.0 Å². The van der Waals surface area contributed by atoms with Crippen LogP contribution in [0.5, 0.6) is 0 Å². The predicted octanol–water partition coefficient (Wildman–Crippen LogP) is 4.04. The Morgan fingerprint density at radius 3 is 1.96 bits per heavy atom. The maximum Gasteiger partial charge on any atom is 0.407 e. The lowest BCUT2D eigenvalue weighted by Crippen LogP contribution is -2.36. The molecule has 0 aromatic carbocycles. The number of alkyl carbamates (subject to hydrolysis) is 1. The highest BCUT2D eigenvalue weighted by molar-refractivity contribution is 5.72. The number of ether oxygens (including phenoxy) is 3. The summed E-state index contributed by atoms with van der Waals surface area (Å²) in [7, 11) is 0.